The van der Waals surface area contributed by atoms with Crippen LogP contribution in [0.5, 0.6) is 11.5 Å². The third-order valence-corrected chi connectivity index (χ3v) is 8.85. The Kier molecular flexibility index (Phi) is 14.9. The molecular weight excluding hydrogens is 939 g/mol. The molecule has 0 aliphatic heterocycles. The van der Waals surface area contributed by atoms with E-state index in [2.05, 4.69) is 9.97 Å². The van der Waals surface area contributed by atoms with Crippen LogP contribution in [0.2, 0.25) is 10.0 Å². The molecule has 64 heavy (non-hydrogen) atoms. The number of aliphatic carboxylic acids is 2. The van der Waals surface area contributed by atoms with E-state index in [-0.39, 0.29) is 76.5 Å². The zero-order valence-corrected chi connectivity index (χ0v) is 33.3. The fraction of sp³-hybridized carbons (Fsp3) is 0.211. The van der Waals surface area contributed by atoms with E-state index in [1.807, 2.05) is 0 Å². The molecule has 12 nitrogen and oxygen atoms in total. The van der Waals surface area contributed by atoms with Gasteiger partial charge in [-0.2, -0.15) is 52.7 Å². The van der Waals surface area contributed by atoms with Gasteiger partial charge in [0.05, 0.1) is 47.7 Å². The Morgan fingerprint density at radius 2 is 0.812 bits per heavy atom. The van der Waals surface area contributed by atoms with Crippen LogP contribution in [0.1, 0.15) is 0 Å². The van der Waals surface area contributed by atoms with Gasteiger partial charge in [0.25, 0.3) is 0 Å². The van der Waals surface area contributed by atoms with Crippen molar-refractivity contribution in [1.82, 2.24) is 9.97 Å². The number of carboxylic acids is 2. The van der Waals surface area contributed by atoms with Crippen LogP contribution < -0.4 is 19.3 Å². The van der Waals surface area contributed by atoms with Crippen LogP contribution in [0.4, 0.5) is 64.1 Å². The Bertz CT molecular complexity index is 2580. The standard InChI is InChI=1S/C34H22Cl2F6N4O4.2C2HF3O2/c1-49-19-5-9-25-23(15-19)29(21-7-3-17(35)13-27(21)43-25)45(31(47)33(37,38)39)11-12-46(32(48)34(40,41)42)30-22-8-4-18(36)14-28(22)44-26-10-6-20(50-2)16-24(26)30;2*3-2(4,5)1(6)7/h3-10,13-16H,11-12H2,1-2H3;2*(H,6,7). The summed E-state index contributed by atoms with van der Waals surface area (Å²) in [5.74, 6) is -9.92. The van der Waals surface area contributed by atoms with Gasteiger partial charge in [0.2, 0.25) is 0 Å². The molecule has 2 heterocycles. The van der Waals surface area contributed by atoms with Gasteiger partial charge in [0.15, 0.2) is 0 Å². The van der Waals surface area contributed by atoms with Crippen LogP contribution in [0.25, 0.3) is 43.6 Å². The summed E-state index contributed by atoms with van der Waals surface area (Å²) in [5.41, 5.74) is -0.199. The van der Waals surface area contributed by atoms with Gasteiger partial charge in [-0.05, 0) is 72.8 Å². The first-order chi connectivity index (χ1) is 29.5. The van der Waals surface area contributed by atoms with Crippen molar-refractivity contribution >= 4 is 102 Å². The molecule has 4 aromatic carbocycles. The van der Waals surface area contributed by atoms with Crippen LogP contribution in [0, 0.1) is 0 Å². The number of methoxy groups -OCH3 is 2. The lowest BCUT2D eigenvalue weighted by atomic mass is 10.0. The van der Waals surface area contributed by atoms with Crippen LogP contribution in [-0.4, -0.2) is 95.9 Å². The van der Waals surface area contributed by atoms with Gasteiger partial charge in [-0.1, -0.05) is 23.2 Å². The summed E-state index contributed by atoms with van der Waals surface area (Å²) < 4.78 is 160. The average Bonchev–Trinajstić information content (AvgIpc) is 3.19. The number of ether oxygens (including phenoxy) is 2. The second-order valence-corrected chi connectivity index (χ2v) is 13.4. The SMILES string of the molecule is COc1ccc2nc3cc(Cl)ccc3c(N(CCN(C(=O)C(F)(F)F)c3c4ccc(Cl)cc4nc4ccc(OC)cc34)C(=O)C(F)(F)F)c2c1.O=C(O)C(F)(F)F.O=C(O)C(F)(F)F. The molecule has 2 aromatic heterocycles. The predicted octanol–water partition coefficient (Wildman–Crippen LogP) is 10.2. The molecule has 0 saturated carbocycles. The maximum Gasteiger partial charge on any atom is 0.490 e. The molecule has 6 rings (SSSR count). The highest BCUT2D eigenvalue weighted by Crippen LogP contribution is 2.41. The number of benzene rings is 4. The fourth-order valence-corrected chi connectivity index (χ4v) is 6.05. The van der Waals surface area contributed by atoms with Gasteiger partial charge >= 0.3 is 48.5 Å². The summed E-state index contributed by atoms with van der Waals surface area (Å²) in [6.45, 7) is -2.12. The van der Waals surface area contributed by atoms with Gasteiger partial charge in [0.1, 0.15) is 11.5 Å². The number of carbonyl (C=O) groups excluding carboxylic acids is 2. The van der Waals surface area contributed by atoms with E-state index >= 15 is 0 Å². The number of pyridine rings is 2. The maximum absolute atomic E-state index is 14.4. The molecule has 342 valence electrons. The van der Waals surface area contributed by atoms with Crippen LogP contribution in [-0.2, 0) is 19.2 Å². The summed E-state index contributed by atoms with van der Waals surface area (Å²) >= 11 is 12.3. The molecule has 0 aliphatic carbocycles. The van der Waals surface area contributed by atoms with Crippen molar-refractivity contribution in [3.8, 4) is 11.5 Å². The molecule has 0 saturated heterocycles. The molecule has 0 aliphatic rings. The van der Waals surface area contributed by atoms with Crippen molar-refractivity contribution < 1.29 is 91.5 Å². The lowest BCUT2D eigenvalue weighted by molar-refractivity contribution is -0.193. The number of halogens is 14. The Balaban J connectivity index is 0.000000555. The van der Waals surface area contributed by atoms with Gasteiger partial charge < -0.3 is 29.5 Å². The van der Waals surface area contributed by atoms with Crippen molar-refractivity contribution in [3.63, 3.8) is 0 Å². The van der Waals surface area contributed by atoms with Crippen molar-refractivity contribution in [2.45, 2.75) is 24.7 Å². The van der Waals surface area contributed by atoms with E-state index in [9.17, 15) is 62.3 Å². The van der Waals surface area contributed by atoms with Crippen molar-refractivity contribution in [1.29, 1.82) is 0 Å². The van der Waals surface area contributed by atoms with E-state index in [1.54, 1.807) is 0 Å². The lowest BCUT2D eigenvalue weighted by Crippen LogP contribution is -2.49. The number of hydrogen-bond acceptors (Lipinski definition) is 8. The van der Waals surface area contributed by atoms with Crippen LogP contribution in [0.15, 0.2) is 72.8 Å². The van der Waals surface area contributed by atoms with Crippen LogP contribution in [0.3, 0.4) is 0 Å². The minimum Gasteiger partial charge on any atom is -0.497 e. The highest BCUT2D eigenvalue weighted by atomic mass is 35.5. The number of amides is 2. The summed E-state index contributed by atoms with van der Waals surface area (Å²) in [4.78, 5) is 53.9. The molecule has 0 unspecified atom stereocenters. The van der Waals surface area contributed by atoms with Gasteiger partial charge in [-0.25, -0.2) is 19.6 Å². The Morgan fingerprint density at radius 1 is 0.500 bits per heavy atom. The molecule has 0 fully saturated rings. The smallest absolute Gasteiger partial charge is 0.490 e. The van der Waals surface area contributed by atoms with Crippen LogP contribution >= 0.6 is 23.2 Å². The number of carboxylic acid groups (broad SMARTS) is 2. The Labute approximate surface area is 359 Å². The first-order valence-electron chi connectivity index (χ1n) is 17.0. The normalized spacial score (nSPS) is 11.9. The predicted molar refractivity (Wildman–Crippen MR) is 206 cm³/mol. The number of anilines is 2. The molecule has 2 amide bonds. The number of alkyl halides is 12. The van der Waals surface area contributed by atoms with Gasteiger partial charge in [-0.3, -0.25) is 9.59 Å². The zero-order chi connectivity index (χ0) is 48.3. The zero-order valence-electron chi connectivity index (χ0n) is 31.8. The number of hydrogen-bond donors (Lipinski definition) is 2. The summed E-state index contributed by atoms with van der Waals surface area (Å²) in [6.07, 6.45) is -21.2. The fourth-order valence-electron chi connectivity index (χ4n) is 5.72. The van der Waals surface area contributed by atoms with Crippen molar-refractivity contribution in [3.05, 3.63) is 82.8 Å². The summed E-state index contributed by atoms with van der Waals surface area (Å²) in [5, 5.41) is 14.7. The molecule has 0 spiro atoms. The van der Waals surface area contributed by atoms with Crippen molar-refractivity contribution in [2.24, 2.45) is 0 Å². The molecule has 0 radical (unpaired) electrons. The lowest BCUT2D eigenvalue weighted by Gasteiger charge is -2.31. The van der Waals surface area contributed by atoms with Crippen molar-refractivity contribution in [2.75, 3.05) is 37.1 Å². The summed E-state index contributed by atoms with van der Waals surface area (Å²) in [7, 11) is 2.64. The second-order valence-electron chi connectivity index (χ2n) is 12.5. The number of nitrogens with zero attached hydrogens (tertiary/aromatic N) is 4. The van der Waals surface area contributed by atoms with Gasteiger partial charge in [0, 0.05) is 44.7 Å². The van der Waals surface area contributed by atoms with E-state index in [0.29, 0.717) is 9.80 Å². The first kappa shape index (κ1) is 50.1. The monoisotopic (exact) mass is 962 g/mol. The Morgan fingerprint density at radius 3 is 1.08 bits per heavy atom. The number of aromatic nitrogens is 2. The maximum atomic E-state index is 14.4. The highest BCUT2D eigenvalue weighted by molar-refractivity contribution is 6.32. The summed E-state index contributed by atoms with van der Waals surface area (Å²) in [6, 6.07) is 16.7. The number of fused-ring (bicyclic) bond motifs is 4. The van der Waals surface area contributed by atoms with E-state index in [4.69, 9.17) is 52.5 Å². The van der Waals surface area contributed by atoms with Gasteiger partial charge in [-0.15, -0.1) is 0 Å². The number of carbonyl (C=O) groups is 4. The minimum absolute atomic E-state index is 0.0182. The van der Waals surface area contributed by atoms with E-state index < -0.39 is 61.5 Å². The average molecular weight is 964 g/mol. The first-order valence-corrected chi connectivity index (χ1v) is 17.8. The third-order valence-electron chi connectivity index (χ3n) is 8.38. The van der Waals surface area contributed by atoms with E-state index in [0.717, 1.165) is 0 Å². The molecule has 2 N–H and O–H groups in total. The molecule has 6 aromatic rings. The minimum atomic E-state index is -5.49. The Hall–Kier alpha value is -6.56. The number of rotatable bonds is 7. The largest absolute Gasteiger partial charge is 0.497 e. The third kappa shape index (κ3) is 11.7. The molecule has 0 atom stereocenters. The topological polar surface area (TPSA) is 159 Å². The van der Waals surface area contributed by atoms with E-state index in [1.165, 1.54) is 87.0 Å². The molecular formula is C38H24Cl2F12N4O8. The highest BCUT2D eigenvalue weighted by Gasteiger charge is 2.47. The molecule has 26 heteroatoms. The second kappa shape index (κ2) is 19.0. The molecule has 0 bridgehead atoms. The quantitative estimate of drug-likeness (QED) is 0.116.